The first kappa shape index (κ1) is 12.8. The Labute approximate surface area is 130 Å². The second kappa shape index (κ2) is 4.83. The molecular formula is C17H17N3S. The molecule has 106 valence electrons. The molecule has 0 N–H and O–H groups in total. The Morgan fingerprint density at radius 1 is 0.905 bits per heavy atom. The summed E-state index contributed by atoms with van der Waals surface area (Å²) in [6.45, 7) is 4.00. The van der Waals surface area contributed by atoms with E-state index in [-0.39, 0.29) is 6.17 Å². The molecule has 2 aromatic rings. The van der Waals surface area contributed by atoms with E-state index in [2.05, 4.69) is 70.4 Å². The fourth-order valence-electron chi connectivity index (χ4n) is 3.22. The third-order valence-electron chi connectivity index (χ3n) is 4.35. The highest BCUT2D eigenvalue weighted by Gasteiger charge is 2.41. The molecule has 1 fully saturated rings. The summed E-state index contributed by atoms with van der Waals surface area (Å²) in [6, 6.07) is 19.0. The Morgan fingerprint density at radius 2 is 1.52 bits per heavy atom. The van der Waals surface area contributed by atoms with E-state index in [1.54, 1.807) is 0 Å². The summed E-state index contributed by atoms with van der Waals surface area (Å²) in [4.78, 5) is 2.24. The number of para-hydroxylation sites is 1. The number of fused-ring (bicyclic) bond motifs is 2. The Bertz CT molecular complexity index is 685. The van der Waals surface area contributed by atoms with Crippen LogP contribution in [0.1, 0.15) is 18.1 Å². The maximum absolute atomic E-state index is 5.74. The number of anilines is 1. The summed E-state index contributed by atoms with van der Waals surface area (Å²) in [6.07, 6.45) is 0.244. The van der Waals surface area contributed by atoms with Gasteiger partial charge in [-0.3, -0.25) is 5.01 Å². The van der Waals surface area contributed by atoms with Crippen molar-refractivity contribution in [3.8, 4) is 0 Å². The minimum atomic E-state index is 0.244. The zero-order valence-corrected chi connectivity index (χ0v) is 12.8. The third kappa shape index (κ3) is 1.94. The molecule has 0 saturated carbocycles. The van der Waals surface area contributed by atoms with Crippen LogP contribution in [0.4, 0.5) is 5.69 Å². The summed E-state index contributed by atoms with van der Waals surface area (Å²) >= 11 is 5.74. The fraction of sp³-hybridized carbons (Fsp3) is 0.235. The minimum Gasteiger partial charge on any atom is -0.300 e. The zero-order chi connectivity index (χ0) is 14.4. The maximum atomic E-state index is 5.74. The molecule has 0 amide bonds. The largest absolute Gasteiger partial charge is 0.300 e. The van der Waals surface area contributed by atoms with E-state index in [4.69, 9.17) is 12.2 Å². The van der Waals surface area contributed by atoms with Crippen LogP contribution in [-0.4, -0.2) is 21.3 Å². The molecule has 0 radical (unpaired) electrons. The van der Waals surface area contributed by atoms with Crippen molar-refractivity contribution in [2.24, 2.45) is 0 Å². The highest BCUT2D eigenvalue weighted by atomic mass is 32.1. The number of nitrogens with zero attached hydrogens (tertiary/aromatic N) is 3. The van der Waals surface area contributed by atoms with Gasteiger partial charge in [0.15, 0.2) is 5.11 Å². The van der Waals surface area contributed by atoms with Crippen LogP contribution in [0, 0.1) is 0 Å². The van der Waals surface area contributed by atoms with E-state index in [1.165, 1.54) is 11.1 Å². The summed E-state index contributed by atoms with van der Waals surface area (Å²) in [5.74, 6) is 0. The maximum Gasteiger partial charge on any atom is 0.192 e. The van der Waals surface area contributed by atoms with Crippen molar-refractivity contribution in [3.63, 3.8) is 0 Å². The second-order valence-corrected chi connectivity index (χ2v) is 5.91. The van der Waals surface area contributed by atoms with Gasteiger partial charge in [-0.15, -0.1) is 0 Å². The first-order chi connectivity index (χ1) is 10.3. The molecule has 2 aromatic carbocycles. The molecule has 0 spiro atoms. The number of hydrogen-bond acceptors (Lipinski definition) is 2. The third-order valence-corrected chi connectivity index (χ3v) is 4.75. The number of rotatable bonds is 1. The van der Waals surface area contributed by atoms with Crippen LogP contribution < -0.4 is 4.90 Å². The van der Waals surface area contributed by atoms with Crippen molar-refractivity contribution < 1.29 is 0 Å². The minimum absolute atomic E-state index is 0.244. The van der Waals surface area contributed by atoms with Crippen LogP contribution in [0.3, 0.4) is 0 Å². The molecule has 21 heavy (non-hydrogen) atoms. The van der Waals surface area contributed by atoms with Gasteiger partial charge in [-0.25, -0.2) is 0 Å². The van der Waals surface area contributed by atoms with Crippen molar-refractivity contribution in [2.45, 2.75) is 26.2 Å². The molecule has 4 heteroatoms. The monoisotopic (exact) mass is 295 g/mol. The van der Waals surface area contributed by atoms with E-state index in [1.807, 2.05) is 6.07 Å². The summed E-state index contributed by atoms with van der Waals surface area (Å²) < 4.78 is 0. The predicted molar refractivity (Wildman–Crippen MR) is 88.5 cm³/mol. The molecule has 0 aromatic heterocycles. The van der Waals surface area contributed by atoms with Gasteiger partial charge in [-0.05, 0) is 42.4 Å². The van der Waals surface area contributed by atoms with E-state index in [0.717, 1.165) is 23.9 Å². The van der Waals surface area contributed by atoms with Crippen LogP contribution in [0.15, 0.2) is 54.6 Å². The standard InChI is InChI=1S/C17H17N3S/c1-13-18-11-14-7-5-6-8-15(14)12-19(18)17(21)20(13)16-9-3-2-4-10-16/h2-10,13H,11-12H2,1H3. The lowest BCUT2D eigenvalue weighted by Crippen LogP contribution is -2.43. The average molecular weight is 295 g/mol. The summed E-state index contributed by atoms with van der Waals surface area (Å²) in [5, 5.41) is 5.48. The van der Waals surface area contributed by atoms with Gasteiger partial charge in [-0.1, -0.05) is 42.5 Å². The van der Waals surface area contributed by atoms with E-state index in [0.29, 0.717) is 0 Å². The molecule has 4 rings (SSSR count). The van der Waals surface area contributed by atoms with Crippen LogP contribution >= 0.6 is 12.2 Å². The second-order valence-electron chi connectivity index (χ2n) is 5.54. The lowest BCUT2D eigenvalue weighted by atomic mass is 10.1. The van der Waals surface area contributed by atoms with Gasteiger partial charge < -0.3 is 4.90 Å². The molecule has 1 atom stereocenters. The van der Waals surface area contributed by atoms with Crippen LogP contribution in [-0.2, 0) is 13.1 Å². The van der Waals surface area contributed by atoms with E-state index in [9.17, 15) is 0 Å². The van der Waals surface area contributed by atoms with Gasteiger partial charge in [0.2, 0.25) is 0 Å². The van der Waals surface area contributed by atoms with Crippen molar-refractivity contribution in [3.05, 3.63) is 65.7 Å². The molecule has 3 nitrogen and oxygen atoms in total. The molecule has 0 bridgehead atoms. The Balaban J connectivity index is 1.71. The van der Waals surface area contributed by atoms with Gasteiger partial charge in [-0.2, -0.15) is 5.01 Å². The molecule has 2 heterocycles. The van der Waals surface area contributed by atoms with Gasteiger partial charge in [0, 0.05) is 12.2 Å². The fourth-order valence-corrected chi connectivity index (χ4v) is 3.65. The molecular weight excluding hydrogens is 278 g/mol. The first-order valence-corrected chi connectivity index (χ1v) is 7.65. The Morgan fingerprint density at radius 3 is 2.24 bits per heavy atom. The number of hydrogen-bond donors (Lipinski definition) is 0. The van der Waals surface area contributed by atoms with Crippen molar-refractivity contribution >= 4 is 23.0 Å². The molecule has 1 saturated heterocycles. The van der Waals surface area contributed by atoms with Crippen molar-refractivity contribution in [1.82, 2.24) is 10.0 Å². The number of thiocarbonyl (C=S) groups is 1. The summed E-state index contributed by atoms with van der Waals surface area (Å²) in [5.41, 5.74) is 3.94. The van der Waals surface area contributed by atoms with Gasteiger partial charge in [0.25, 0.3) is 0 Å². The van der Waals surface area contributed by atoms with Crippen molar-refractivity contribution in [1.29, 1.82) is 0 Å². The quantitative estimate of drug-likeness (QED) is 0.746. The lowest BCUT2D eigenvalue weighted by molar-refractivity contribution is 0.0138. The Kier molecular flexibility index (Phi) is 2.94. The summed E-state index contributed by atoms with van der Waals surface area (Å²) in [7, 11) is 0. The average Bonchev–Trinajstić information content (AvgIpc) is 2.77. The molecule has 2 aliphatic heterocycles. The van der Waals surface area contributed by atoms with Gasteiger partial charge in [0.1, 0.15) is 6.17 Å². The van der Waals surface area contributed by atoms with Crippen LogP contribution in [0.5, 0.6) is 0 Å². The number of hydrazine groups is 1. The highest BCUT2D eigenvalue weighted by molar-refractivity contribution is 7.80. The van der Waals surface area contributed by atoms with Gasteiger partial charge in [0.05, 0.1) is 6.54 Å². The lowest BCUT2D eigenvalue weighted by Gasteiger charge is -2.35. The van der Waals surface area contributed by atoms with E-state index >= 15 is 0 Å². The topological polar surface area (TPSA) is 9.72 Å². The SMILES string of the molecule is CC1N(c2ccccc2)C(=S)N2Cc3ccccc3CN12. The Hall–Kier alpha value is -1.91. The molecule has 0 aliphatic carbocycles. The number of benzene rings is 2. The van der Waals surface area contributed by atoms with Crippen LogP contribution in [0.2, 0.25) is 0 Å². The zero-order valence-electron chi connectivity index (χ0n) is 11.9. The molecule has 2 aliphatic rings. The highest BCUT2D eigenvalue weighted by Crippen LogP contribution is 2.34. The normalized spacial score (nSPS) is 21.4. The van der Waals surface area contributed by atoms with Crippen LogP contribution in [0.25, 0.3) is 0 Å². The van der Waals surface area contributed by atoms with Gasteiger partial charge >= 0.3 is 0 Å². The van der Waals surface area contributed by atoms with Crippen molar-refractivity contribution in [2.75, 3.05) is 4.90 Å². The molecule has 1 unspecified atom stereocenters. The van der Waals surface area contributed by atoms with E-state index < -0.39 is 0 Å². The predicted octanol–water partition coefficient (Wildman–Crippen LogP) is 3.37. The first-order valence-electron chi connectivity index (χ1n) is 7.25. The smallest absolute Gasteiger partial charge is 0.192 e.